The molecule has 0 bridgehead atoms. The van der Waals surface area contributed by atoms with Gasteiger partial charge < -0.3 is 15.2 Å². The minimum atomic E-state index is 0.0450. The highest BCUT2D eigenvalue weighted by Gasteiger charge is 2.30. The van der Waals surface area contributed by atoms with Crippen LogP contribution in [0.2, 0.25) is 0 Å². The smallest absolute Gasteiger partial charge is 0.161 e. The molecule has 1 unspecified atom stereocenters. The standard InChI is InChI=1S/C18H22N4O2/c1-3-24-17-10-13(7-8-16(17)23-2)15-11-14(12-19)21-22(15)18-6-4-5-9-20-18/h4-10,15H,3,11-12,19H2,1-2H3. The number of nitrogens with two attached hydrogens (primary N) is 1. The summed E-state index contributed by atoms with van der Waals surface area (Å²) in [6.07, 6.45) is 2.53. The van der Waals surface area contributed by atoms with Gasteiger partial charge in [0.1, 0.15) is 5.82 Å². The van der Waals surface area contributed by atoms with Crippen LogP contribution in [-0.4, -0.2) is 31.0 Å². The molecule has 0 saturated heterocycles. The Morgan fingerprint density at radius 2 is 2.12 bits per heavy atom. The highest BCUT2D eigenvalue weighted by molar-refractivity contribution is 5.90. The predicted octanol–water partition coefficient (Wildman–Crippen LogP) is 2.76. The molecule has 0 fully saturated rings. The number of benzene rings is 1. The first-order valence-corrected chi connectivity index (χ1v) is 8.04. The molecule has 6 heteroatoms. The van der Waals surface area contributed by atoms with E-state index < -0.39 is 0 Å². The van der Waals surface area contributed by atoms with Gasteiger partial charge in [-0.25, -0.2) is 9.99 Å². The molecule has 0 aliphatic carbocycles. The van der Waals surface area contributed by atoms with Crippen molar-refractivity contribution in [1.82, 2.24) is 4.98 Å². The molecular weight excluding hydrogens is 304 g/mol. The van der Waals surface area contributed by atoms with Crippen LogP contribution in [0.25, 0.3) is 0 Å². The molecule has 0 spiro atoms. The van der Waals surface area contributed by atoms with Crippen molar-refractivity contribution < 1.29 is 9.47 Å². The van der Waals surface area contributed by atoms with Gasteiger partial charge in [0.15, 0.2) is 11.5 Å². The van der Waals surface area contributed by atoms with Crippen molar-refractivity contribution in [1.29, 1.82) is 0 Å². The van der Waals surface area contributed by atoms with E-state index in [1.807, 2.05) is 48.3 Å². The Kier molecular flexibility index (Phi) is 4.96. The molecule has 2 N–H and O–H groups in total. The molecule has 0 saturated carbocycles. The number of ether oxygens (including phenoxy) is 2. The number of hydrazone groups is 1. The summed E-state index contributed by atoms with van der Waals surface area (Å²) in [7, 11) is 1.64. The summed E-state index contributed by atoms with van der Waals surface area (Å²) >= 11 is 0. The van der Waals surface area contributed by atoms with Gasteiger partial charge in [0.25, 0.3) is 0 Å². The fourth-order valence-electron chi connectivity index (χ4n) is 2.82. The predicted molar refractivity (Wildman–Crippen MR) is 94.7 cm³/mol. The van der Waals surface area contributed by atoms with Crippen LogP contribution in [0.1, 0.15) is 24.9 Å². The van der Waals surface area contributed by atoms with Gasteiger partial charge in [-0.3, -0.25) is 0 Å². The molecule has 6 nitrogen and oxygen atoms in total. The van der Waals surface area contributed by atoms with Crippen molar-refractivity contribution in [3.05, 3.63) is 48.2 Å². The van der Waals surface area contributed by atoms with E-state index in [0.717, 1.165) is 35.0 Å². The Morgan fingerprint density at radius 3 is 2.79 bits per heavy atom. The van der Waals surface area contributed by atoms with Crippen molar-refractivity contribution in [2.45, 2.75) is 19.4 Å². The largest absolute Gasteiger partial charge is 0.493 e. The molecule has 1 atom stereocenters. The maximum Gasteiger partial charge on any atom is 0.161 e. The zero-order valence-corrected chi connectivity index (χ0v) is 14.0. The minimum Gasteiger partial charge on any atom is -0.493 e. The average Bonchev–Trinajstić information content (AvgIpc) is 3.07. The lowest BCUT2D eigenvalue weighted by molar-refractivity contribution is 0.310. The highest BCUT2D eigenvalue weighted by atomic mass is 16.5. The van der Waals surface area contributed by atoms with Crippen LogP contribution >= 0.6 is 0 Å². The highest BCUT2D eigenvalue weighted by Crippen LogP contribution is 2.38. The van der Waals surface area contributed by atoms with Gasteiger partial charge in [-0.2, -0.15) is 5.10 Å². The molecule has 126 valence electrons. The third-order valence-corrected chi connectivity index (χ3v) is 3.97. The van der Waals surface area contributed by atoms with Crippen LogP contribution in [0.5, 0.6) is 11.5 Å². The fourth-order valence-corrected chi connectivity index (χ4v) is 2.82. The number of pyridine rings is 1. The second-order valence-electron chi connectivity index (χ2n) is 5.47. The van der Waals surface area contributed by atoms with E-state index >= 15 is 0 Å². The number of methoxy groups -OCH3 is 1. The SMILES string of the molecule is CCOc1cc(C2CC(CN)=NN2c2ccccn2)ccc1OC. The molecule has 24 heavy (non-hydrogen) atoms. The van der Waals surface area contributed by atoms with Gasteiger partial charge in [0, 0.05) is 19.2 Å². The second kappa shape index (κ2) is 7.31. The van der Waals surface area contributed by atoms with Gasteiger partial charge >= 0.3 is 0 Å². The lowest BCUT2D eigenvalue weighted by atomic mass is 10.0. The van der Waals surface area contributed by atoms with Gasteiger partial charge in [0.05, 0.1) is 25.5 Å². The molecule has 1 aromatic carbocycles. The van der Waals surface area contributed by atoms with E-state index in [-0.39, 0.29) is 6.04 Å². The van der Waals surface area contributed by atoms with E-state index in [1.165, 1.54) is 0 Å². The monoisotopic (exact) mass is 326 g/mol. The van der Waals surface area contributed by atoms with Crippen molar-refractivity contribution in [3.63, 3.8) is 0 Å². The second-order valence-corrected chi connectivity index (χ2v) is 5.47. The van der Waals surface area contributed by atoms with Crippen molar-refractivity contribution >= 4 is 11.5 Å². The summed E-state index contributed by atoms with van der Waals surface area (Å²) in [6, 6.07) is 11.8. The number of hydrogen-bond donors (Lipinski definition) is 1. The van der Waals surface area contributed by atoms with E-state index in [0.29, 0.717) is 13.2 Å². The first kappa shape index (κ1) is 16.3. The van der Waals surface area contributed by atoms with Gasteiger partial charge in [0.2, 0.25) is 0 Å². The van der Waals surface area contributed by atoms with E-state index in [1.54, 1.807) is 13.3 Å². The number of anilines is 1. The topological polar surface area (TPSA) is 73.0 Å². The Bertz CT molecular complexity index is 718. The molecular formula is C18H22N4O2. The summed E-state index contributed by atoms with van der Waals surface area (Å²) in [5.74, 6) is 2.27. The van der Waals surface area contributed by atoms with E-state index in [4.69, 9.17) is 15.2 Å². The molecule has 0 amide bonds. The Hall–Kier alpha value is -2.60. The lowest BCUT2D eigenvalue weighted by Gasteiger charge is -2.23. The Balaban J connectivity index is 1.96. The van der Waals surface area contributed by atoms with Gasteiger partial charge in [-0.05, 0) is 36.8 Å². The maximum absolute atomic E-state index is 5.82. The first-order valence-electron chi connectivity index (χ1n) is 8.04. The zero-order chi connectivity index (χ0) is 16.9. The summed E-state index contributed by atoms with van der Waals surface area (Å²) in [5.41, 5.74) is 7.87. The zero-order valence-electron chi connectivity index (χ0n) is 14.0. The van der Waals surface area contributed by atoms with Crippen molar-refractivity contribution in [2.75, 3.05) is 25.3 Å². The Morgan fingerprint density at radius 1 is 1.25 bits per heavy atom. The third kappa shape index (κ3) is 3.19. The number of aromatic nitrogens is 1. The lowest BCUT2D eigenvalue weighted by Crippen LogP contribution is -2.19. The number of hydrogen-bond acceptors (Lipinski definition) is 6. The minimum absolute atomic E-state index is 0.0450. The molecule has 1 aromatic heterocycles. The number of rotatable bonds is 6. The van der Waals surface area contributed by atoms with Crippen LogP contribution in [0.15, 0.2) is 47.7 Å². The molecule has 2 heterocycles. The maximum atomic E-state index is 5.82. The summed E-state index contributed by atoms with van der Waals surface area (Å²) in [6.45, 7) is 2.98. The van der Waals surface area contributed by atoms with Crippen molar-refractivity contribution in [2.24, 2.45) is 10.8 Å². The molecule has 1 aliphatic rings. The first-order chi connectivity index (χ1) is 11.8. The van der Waals surface area contributed by atoms with Gasteiger partial charge in [-0.1, -0.05) is 12.1 Å². The summed E-state index contributed by atoms with van der Waals surface area (Å²) < 4.78 is 11.1. The molecule has 2 aromatic rings. The van der Waals surface area contributed by atoms with Crippen LogP contribution in [0.4, 0.5) is 5.82 Å². The average molecular weight is 326 g/mol. The van der Waals surface area contributed by atoms with E-state index in [2.05, 4.69) is 10.1 Å². The van der Waals surface area contributed by atoms with Crippen LogP contribution in [-0.2, 0) is 0 Å². The molecule has 0 radical (unpaired) electrons. The van der Waals surface area contributed by atoms with E-state index in [9.17, 15) is 0 Å². The van der Waals surface area contributed by atoms with Crippen LogP contribution in [0, 0.1) is 0 Å². The fraction of sp³-hybridized carbons (Fsp3) is 0.333. The molecule has 1 aliphatic heterocycles. The number of nitrogens with zero attached hydrogens (tertiary/aromatic N) is 3. The summed E-state index contributed by atoms with van der Waals surface area (Å²) in [4.78, 5) is 4.42. The third-order valence-electron chi connectivity index (χ3n) is 3.97. The van der Waals surface area contributed by atoms with Crippen LogP contribution in [0.3, 0.4) is 0 Å². The van der Waals surface area contributed by atoms with Gasteiger partial charge in [-0.15, -0.1) is 0 Å². The van der Waals surface area contributed by atoms with Crippen molar-refractivity contribution in [3.8, 4) is 11.5 Å². The normalized spacial score (nSPS) is 16.9. The molecule has 3 rings (SSSR count). The quantitative estimate of drug-likeness (QED) is 0.883. The summed E-state index contributed by atoms with van der Waals surface area (Å²) in [5, 5.41) is 6.57. The van der Waals surface area contributed by atoms with Crippen LogP contribution < -0.4 is 20.2 Å². The Labute approximate surface area is 141 Å².